The lowest BCUT2D eigenvalue weighted by atomic mass is 10.5. The van der Waals surface area contributed by atoms with Gasteiger partial charge in [-0.3, -0.25) is 0 Å². The molecule has 0 atom stereocenters. The molecule has 1 heterocycles. The molecule has 0 bridgehead atoms. The quantitative estimate of drug-likeness (QED) is 0.739. The van der Waals surface area contributed by atoms with Crippen LogP contribution in [0.15, 0.2) is 6.20 Å². The SMILES string of the molecule is COCCN(C)CCn1cc(C)nc1N. The molecular formula is C10H20N4O. The van der Waals surface area contributed by atoms with Gasteiger partial charge in [0.05, 0.1) is 12.3 Å². The van der Waals surface area contributed by atoms with Crippen molar-refractivity contribution in [3.8, 4) is 0 Å². The molecule has 0 radical (unpaired) electrons. The second-order valence-corrected chi connectivity index (χ2v) is 3.73. The molecule has 1 aromatic rings. The molecule has 0 aromatic carbocycles. The second-order valence-electron chi connectivity index (χ2n) is 3.73. The standard InChI is InChI=1S/C10H20N4O/c1-9-8-14(10(11)12-9)5-4-13(2)6-7-15-3/h8H,4-7H2,1-3H3,(H2,11,12). The van der Waals surface area contributed by atoms with E-state index in [1.165, 1.54) is 0 Å². The monoisotopic (exact) mass is 212 g/mol. The van der Waals surface area contributed by atoms with Gasteiger partial charge in [0.2, 0.25) is 0 Å². The number of nitrogens with zero attached hydrogens (tertiary/aromatic N) is 3. The van der Waals surface area contributed by atoms with Crippen LogP contribution in [0, 0.1) is 6.92 Å². The molecule has 0 fully saturated rings. The summed E-state index contributed by atoms with van der Waals surface area (Å²) in [5, 5.41) is 0. The lowest BCUT2D eigenvalue weighted by Crippen LogP contribution is -2.26. The topological polar surface area (TPSA) is 56.3 Å². The summed E-state index contributed by atoms with van der Waals surface area (Å²) in [5.41, 5.74) is 6.70. The molecule has 1 rings (SSSR count). The number of ether oxygens (including phenoxy) is 1. The van der Waals surface area contributed by atoms with Gasteiger partial charge in [-0.15, -0.1) is 0 Å². The van der Waals surface area contributed by atoms with Gasteiger partial charge in [0, 0.05) is 32.9 Å². The van der Waals surface area contributed by atoms with E-state index in [4.69, 9.17) is 10.5 Å². The Balaban J connectivity index is 2.33. The zero-order chi connectivity index (χ0) is 11.3. The zero-order valence-corrected chi connectivity index (χ0v) is 9.73. The van der Waals surface area contributed by atoms with Crippen LogP contribution in [0.4, 0.5) is 5.95 Å². The second kappa shape index (κ2) is 5.72. The van der Waals surface area contributed by atoms with E-state index in [2.05, 4.69) is 16.9 Å². The summed E-state index contributed by atoms with van der Waals surface area (Å²) in [4.78, 5) is 6.36. The normalized spacial score (nSPS) is 11.2. The predicted molar refractivity (Wildman–Crippen MR) is 60.7 cm³/mol. The Bertz CT molecular complexity index is 298. The van der Waals surface area contributed by atoms with Gasteiger partial charge in [0.1, 0.15) is 0 Å². The van der Waals surface area contributed by atoms with Crippen molar-refractivity contribution in [2.45, 2.75) is 13.5 Å². The Hall–Kier alpha value is -1.07. The third kappa shape index (κ3) is 3.89. The van der Waals surface area contributed by atoms with Crippen LogP contribution in [0.3, 0.4) is 0 Å². The molecule has 15 heavy (non-hydrogen) atoms. The van der Waals surface area contributed by atoms with Crippen molar-refractivity contribution in [2.24, 2.45) is 0 Å². The smallest absolute Gasteiger partial charge is 0.200 e. The molecule has 0 aliphatic heterocycles. The Labute approximate surface area is 90.8 Å². The van der Waals surface area contributed by atoms with Crippen molar-refractivity contribution < 1.29 is 4.74 Å². The van der Waals surface area contributed by atoms with E-state index < -0.39 is 0 Å². The van der Waals surface area contributed by atoms with Crippen molar-refractivity contribution in [1.82, 2.24) is 14.5 Å². The number of imidazole rings is 1. The van der Waals surface area contributed by atoms with Gasteiger partial charge in [-0.05, 0) is 14.0 Å². The summed E-state index contributed by atoms with van der Waals surface area (Å²) in [6.07, 6.45) is 1.97. The van der Waals surface area contributed by atoms with Gasteiger partial charge >= 0.3 is 0 Å². The molecule has 1 aromatic heterocycles. The third-order valence-corrected chi connectivity index (χ3v) is 2.33. The van der Waals surface area contributed by atoms with Crippen LogP contribution in [0.1, 0.15) is 5.69 Å². The van der Waals surface area contributed by atoms with Crippen molar-refractivity contribution in [3.63, 3.8) is 0 Å². The van der Waals surface area contributed by atoms with E-state index in [1.54, 1.807) is 7.11 Å². The first kappa shape index (κ1) is 12.0. The molecule has 86 valence electrons. The van der Waals surface area contributed by atoms with E-state index >= 15 is 0 Å². The first-order chi connectivity index (χ1) is 7.13. The first-order valence-corrected chi connectivity index (χ1v) is 5.10. The highest BCUT2D eigenvalue weighted by Gasteiger charge is 2.03. The Morgan fingerprint density at radius 2 is 2.27 bits per heavy atom. The number of anilines is 1. The summed E-state index contributed by atoms with van der Waals surface area (Å²) in [5.74, 6) is 0.590. The van der Waals surface area contributed by atoms with Crippen molar-refractivity contribution in [3.05, 3.63) is 11.9 Å². The largest absolute Gasteiger partial charge is 0.383 e. The number of nitrogen functional groups attached to an aromatic ring is 1. The lowest BCUT2D eigenvalue weighted by Gasteiger charge is -2.16. The molecule has 0 unspecified atom stereocenters. The van der Waals surface area contributed by atoms with E-state index in [1.807, 2.05) is 17.7 Å². The highest BCUT2D eigenvalue weighted by molar-refractivity contribution is 5.20. The number of rotatable bonds is 6. The van der Waals surface area contributed by atoms with Crippen molar-refractivity contribution in [1.29, 1.82) is 0 Å². The Morgan fingerprint density at radius 1 is 1.53 bits per heavy atom. The predicted octanol–water partition coefficient (Wildman–Crippen LogP) is 0.352. The van der Waals surface area contributed by atoms with Crippen LogP contribution in [0.5, 0.6) is 0 Å². The average molecular weight is 212 g/mol. The molecular weight excluding hydrogens is 192 g/mol. The number of likely N-dealkylation sites (N-methyl/N-ethyl adjacent to an activating group) is 1. The number of aryl methyl sites for hydroxylation is 1. The van der Waals surface area contributed by atoms with Gasteiger partial charge in [-0.2, -0.15) is 0 Å². The van der Waals surface area contributed by atoms with Crippen molar-refractivity contribution in [2.75, 3.05) is 39.6 Å². The summed E-state index contributed by atoms with van der Waals surface area (Å²) < 4.78 is 6.98. The summed E-state index contributed by atoms with van der Waals surface area (Å²) in [7, 11) is 3.78. The van der Waals surface area contributed by atoms with Gasteiger partial charge in [0.15, 0.2) is 5.95 Å². The van der Waals surface area contributed by atoms with E-state index in [0.717, 1.165) is 31.9 Å². The minimum Gasteiger partial charge on any atom is -0.383 e. The highest BCUT2D eigenvalue weighted by atomic mass is 16.5. The summed E-state index contributed by atoms with van der Waals surface area (Å²) >= 11 is 0. The highest BCUT2D eigenvalue weighted by Crippen LogP contribution is 2.03. The van der Waals surface area contributed by atoms with Crippen LogP contribution >= 0.6 is 0 Å². The number of methoxy groups -OCH3 is 1. The fourth-order valence-electron chi connectivity index (χ4n) is 1.38. The summed E-state index contributed by atoms with van der Waals surface area (Å²) in [6, 6.07) is 0. The van der Waals surface area contributed by atoms with Gasteiger partial charge in [-0.1, -0.05) is 0 Å². The van der Waals surface area contributed by atoms with E-state index in [-0.39, 0.29) is 0 Å². The van der Waals surface area contributed by atoms with Gasteiger partial charge < -0.3 is 19.9 Å². The van der Waals surface area contributed by atoms with Crippen LogP contribution in [-0.4, -0.2) is 48.3 Å². The van der Waals surface area contributed by atoms with E-state index in [0.29, 0.717) is 5.95 Å². The molecule has 0 spiro atoms. The van der Waals surface area contributed by atoms with Gasteiger partial charge in [0.25, 0.3) is 0 Å². The third-order valence-electron chi connectivity index (χ3n) is 2.33. The lowest BCUT2D eigenvalue weighted by molar-refractivity contribution is 0.159. The van der Waals surface area contributed by atoms with Crippen LogP contribution in [0.25, 0.3) is 0 Å². The zero-order valence-electron chi connectivity index (χ0n) is 9.73. The Kier molecular flexibility index (Phi) is 4.58. The minimum atomic E-state index is 0.590. The number of hydrogen-bond donors (Lipinski definition) is 1. The molecule has 0 saturated heterocycles. The molecule has 0 aliphatic rings. The fourth-order valence-corrected chi connectivity index (χ4v) is 1.38. The number of aromatic nitrogens is 2. The minimum absolute atomic E-state index is 0.590. The fraction of sp³-hybridized carbons (Fsp3) is 0.700. The molecule has 0 aliphatic carbocycles. The molecule has 2 N–H and O–H groups in total. The van der Waals surface area contributed by atoms with E-state index in [9.17, 15) is 0 Å². The van der Waals surface area contributed by atoms with Crippen molar-refractivity contribution >= 4 is 5.95 Å². The average Bonchev–Trinajstić information content (AvgIpc) is 2.51. The Morgan fingerprint density at radius 3 is 2.80 bits per heavy atom. The summed E-state index contributed by atoms with van der Waals surface area (Å²) in [6.45, 7) is 5.46. The van der Waals surface area contributed by atoms with Crippen LogP contribution < -0.4 is 5.73 Å². The van der Waals surface area contributed by atoms with Gasteiger partial charge in [-0.25, -0.2) is 4.98 Å². The molecule has 0 amide bonds. The van der Waals surface area contributed by atoms with Crippen LogP contribution in [-0.2, 0) is 11.3 Å². The number of nitrogens with two attached hydrogens (primary N) is 1. The first-order valence-electron chi connectivity index (χ1n) is 5.10. The molecule has 0 saturated carbocycles. The maximum Gasteiger partial charge on any atom is 0.200 e. The molecule has 5 heteroatoms. The maximum atomic E-state index is 5.74. The number of hydrogen-bond acceptors (Lipinski definition) is 4. The molecule has 5 nitrogen and oxygen atoms in total. The maximum absolute atomic E-state index is 5.74. The van der Waals surface area contributed by atoms with Crippen LogP contribution in [0.2, 0.25) is 0 Å².